The summed E-state index contributed by atoms with van der Waals surface area (Å²) in [6.45, 7) is 2.24. The van der Waals surface area contributed by atoms with Crippen LogP contribution in [0.3, 0.4) is 0 Å². The lowest BCUT2D eigenvalue weighted by atomic mass is 10.2. The smallest absolute Gasteiger partial charge is 0.244 e. The third-order valence-corrected chi connectivity index (χ3v) is 6.28. The van der Waals surface area contributed by atoms with Crippen molar-refractivity contribution in [3.8, 4) is 0 Å². The highest BCUT2D eigenvalue weighted by molar-refractivity contribution is 7.89. The summed E-state index contributed by atoms with van der Waals surface area (Å²) in [5.41, 5.74) is 0.649. The van der Waals surface area contributed by atoms with E-state index in [1.165, 1.54) is 4.31 Å². The third-order valence-electron chi connectivity index (χ3n) is 3.97. The Kier molecular flexibility index (Phi) is 3.96. The van der Waals surface area contributed by atoms with Crippen LogP contribution in [-0.2, 0) is 17.1 Å². The van der Waals surface area contributed by atoms with Crippen LogP contribution >= 0.6 is 11.6 Å². The average molecular weight is 341 g/mol. The van der Waals surface area contributed by atoms with E-state index in [0.717, 1.165) is 12.8 Å². The van der Waals surface area contributed by atoms with E-state index in [4.69, 9.17) is 11.6 Å². The molecule has 1 atom stereocenters. The van der Waals surface area contributed by atoms with E-state index in [1.54, 1.807) is 36.0 Å². The number of rotatable bonds is 3. The molecule has 0 N–H and O–H groups in total. The van der Waals surface area contributed by atoms with Gasteiger partial charge in [-0.05, 0) is 43.5 Å². The van der Waals surface area contributed by atoms with Gasteiger partial charge in [-0.25, -0.2) is 8.42 Å². The van der Waals surface area contributed by atoms with Gasteiger partial charge in [-0.3, -0.25) is 0 Å². The zero-order chi connectivity index (χ0) is 15.9. The lowest BCUT2D eigenvalue weighted by molar-refractivity contribution is 0.376. The van der Waals surface area contributed by atoms with E-state index in [0.29, 0.717) is 27.9 Å². The lowest BCUT2D eigenvalue weighted by Gasteiger charge is -2.24. The molecule has 3 rings (SSSR count). The van der Waals surface area contributed by atoms with Crippen molar-refractivity contribution in [3.63, 3.8) is 0 Å². The number of benzene rings is 1. The molecule has 1 aliphatic heterocycles. The van der Waals surface area contributed by atoms with Crippen LogP contribution in [0.15, 0.2) is 29.4 Å². The molecule has 8 heteroatoms. The number of aryl methyl sites for hydroxylation is 2. The van der Waals surface area contributed by atoms with Gasteiger partial charge in [-0.1, -0.05) is 11.6 Å². The fourth-order valence-corrected chi connectivity index (χ4v) is 5.00. The largest absolute Gasteiger partial charge is 0.319 e. The standard InChI is InChI=1S/C14H17ClN4O2S/c1-10-8-11(15)5-6-13(10)22(20,21)19-7-3-4-12(19)14-17-16-9-18(14)2/h5-6,8-9,12H,3-4,7H2,1-2H3/t12-/m1/s1. The number of aromatic nitrogens is 3. The molecule has 0 aliphatic carbocycles. The van der Waals surface area contributed by atoms with E-state index >= 15 is 0 Å². The van der Waals surface area contributed by atoms with Crippen molar-refractivity contribution in [2.45, 2.75) is 30.7 Å². The summed E-state index contributed by atoms with van der Waals surface area (Å²) in [7, 11) is -1.76. The topological polar surface area (TPSA) is 68.1 Å². The van der Waals surface area contributed by atoms with Gasteiger partial charge < -0.3 is 4.57 Å². The Labute approximate surface area is 134 Å². The van der Waals surface area contributed by atoms with E-state index in [-0.39, 0.29) is 6.04 Å². The molecule has 0 unspecified atom stereocenters. The zero-order valence-corrected chi connectivity index (χ0v) is 14.0. The van der Waals surface area contributed by atoms with Crippen LogP contribution in [0, 0.1) is 6.92 Å². The molecule has 2 heterocycles. The van der Waals surface area contributed by atoms with E-state index in [1.807, 2.05) is 7.05 Å². The van der Waals surface area contributed by atoms with Crippen LogP contribution in [0.25, 0.3) is 0 Å². The van der Waals surface area contributed by atoms with Crippen LogP contribution in [0.1, 0.15) is 30.3 Å². The Balaban J connectivity index is 2.03. The minimum atomic E-state index is -3.58. The number of sulfonamides is 1. The first-order valence-electron chi connectivity index (χ1n) is 7.03. The highest BCUT2D eigenvalue weighted by atomic mass is 35.5. The van der Waals surface area contributed by atoms with Crippen molar-refractivity contribution in [1.82, 2.24) is 19.1 Å². The summed E-state index contributed by atoms with van der Waals surface area (Å²) in [4.78, 5) is 0.297. The molecule has 1 fully saturated rings. The monoisotopic (exact) mass is 340 g/mol. The number of hydrogen-bond acceptors (Lipinski definition) is 4. The van der Waals surface area contributed by atoms with E-state index in [9.17, 15) is 8.42 Å². The normalized spacial score (nSPS) is 19.7. The summed E-state index contributed by atoms with van der Waals surface area (Å²) >= 11 is 5.93. The van der Waals surface area contributed by atoms with Crippen molar-refractivity contribution in [1.29, 1.82) is 0 Å². The van der Waals surface area contributed by atoms with Gasteiger partial charge in [0.25, 0.3) is 0 Å². The number of hydrogen-bond donors (Lipinski definition) is 0. The summed E-state index contributed by atoms with van der Waals surface area (Å²) in [5, 5.41) is 8.47. The summed E-state index contributed by atoms with van der Waals surface area (Å²) < 4.78 is 29.3. The molecule has 6 nitrogen and oxygen atoms in total. The fraction of sp³-hybridized carbons (Fsp3) is 0.429. The maximum atomic E-state index is 13.0. The molecule has 0 spiro atoms. The molecule has 1 aromatic carbocycles. The summed E-state index contributed by atoms with van der Waals surface area (Å²) in [5.74, 6) is 0.674. The van der Waals surface area contributed by atoms with Crippen molar-refractivity contribution >= 4 is 21.6 Å². The second-order valence-electron chi connectivity index (χ2n) is 5.48. The van der Waals surface area contributed by atoms with Gasteiger partial charge in [0, 0.05) is 18.6 Å². The second kappa shape index (κ2) is 5.64. The van der Waals surface area contributed by atoms with Gasteiger partial charge in [-0.2, -0.15) is 4.31 Å². The average Bonchev–Trinajstić information content (AvgIpc) is 3.06. The van der Waals surface area contributed by atoms with Gasteiger partial charge in [0.05, 0.1) is 10.9 Å². The van der Waals surface area contributed by atoms with Crippen LogP contribution in [0.5, 0.6) is 0 Å². The zero-order valence-electron chi connectivity index (χ0n) is 12.4. The van der Waals surface area contributed by atoms with Crippen molar-refractivity contribution in [2.75, 3.05) is 6.54 Å². The predicted molar refractivity (Wildman–Crippen MR) is 83.1 cm³/mol. The maximum Gasteiger partial charge on any atom is 0.244 e. The number of nitrogens with zero attached hydrogens (tertiary/aromatic N) is 4. The predicted octanol–water partition coefficient (Wildman–Crippen LogP) is 2.30. The Morgan fingerprint density at radius 2 is 2.14 bits per heavy atom. The molecule has 1 aliphatic rings. The Morgan fingerprint density at radius 3 is 2.77 bits per heavy atom. The first kappa shape index (κ1) is 15.5. The Bertz CT molecular complexity index is 803. The van der Waals surface area contributed by atoms with Crippen molar-refractivity contribution in [3.05, 3.63) is 40.9 Å². The third kappa shape index (κ3) is 2.53. The molecule has 22 heavy (non-hydrogen) atoms. The molecular weight excluding hydrogens is 324 g/mol. The first-order valence-corrected chi connectivity index (χ1v) is 8.85. The molecule has 0 saturated carbocycles. The van der Waals surface area contributed by atoms with E-state index < -0.39 is 10.0 Å². The minimum Gasteiger partial charge on any atom is -0.319 e. The molecule has 0 radical (unpaired) electrons. The Morgan fingerprint density at radius 1 is 1.36 bits per heavy atom. The number of halogens is 1. The van der Waals surface area contributed by atoms with Crippen LogP contribution in [-0.4, -0.2) is 34.0 Å². The van der Waals surface area contributed by atoms with Crippen molar-refractivity contribution < 1.29 is 8.42 Å². The first-order chi connectivity index (χ1) is 10.4. The van der Waals surface area contributed by atoms with Gasteiger partial charge in [0.1, 0.15) is 6.33 Å². The minimum absolute atomic E-state index is 0.271. The van der Waals surface area contributed by atoms with Gasteiger partial charge in [0.2, 0.25) is 10.0 Å². The maximum absolute atomic E-state index is 13.0. The lowest BCUT2D eigenvalue weighted by Crippen LogP contribution is -2.32. The van der Waals surface area contributed by atoms with Gasteiger partial charge in [-0.15, -0.1) is 10.2 Å². The molecule has 2 aromatic rings. The molecular formula is C14H17ClN4O2S. The van der Waals surface area contributed by atoms with Crippen LogP contribution in [0.4, 0.5) is 0 Å². The van der Waals surface area contributed by atoms with Crippen molar-refractivity contribution in [2.24, 2.45) is 7.05 Å². The highest BCUT2D eigenvalue weighted by Crippen LogP contribution is 2.36. The molecule has 118 valence electrons. The van der Waals surface area contributed by atoms with Crippen LogP contribution < -0.4 is 0 Å². The summed E-state index contributed by atoms with van der Waals surface area (Å²) in [6.07, 6.45) is 3.15. The Hall–Kier alpha value is -1.44. The van der Waals surface area contributed by atoms with E-state index in [2.05, 4.69) is 10.2 Å². The fourth-order valence-electron chi connectivity index (χ4n) is 2.91. The quantitative estimate of drug-likeness (QED) is 0.859. The molecule has 1 saturated heterocycles. The molecule has 0 amide bonds. The SMILES string of the molecule is Cc1cc(Cl)ccc1S(=O)(=O)N1CCC[C@@H]1c1nncn1C. The van der Waals surface area contributed by atoms with Crippen LogP contribution in [0.2, 0.25) is 5.02 Å². The molecule has 0 bridgehead atoms. The van der Waals surface area contributed by atoms with Gasteiger partial charge >= 0.3 is 0 Å². The molecule has 1 aromatic heterocycles. The summed E-state index contributed by atoms with van der Waals surface area (Å²) in [6, 6.07) is 4.57. The second-order valence-corrected chi connectivity index (χ2v) is 7.78. The highest BCUT2D eigenvalue weighted by Gasteiger charge is 2.38. The van der Waals surface area contributed by atoms with Gasteiger partial charge in [0.15, 0.2) is 5.82 Å².